The van der Waals surface area contributed by atoms with Crippen LogP contribution in [0.1, 0.15) is 32.9 Å². The number of hydrogen-bond acceptors (Lipinski definition) is 4. The van der Waals surface area contributed by atoms with E-state index in [-0.39, 0.29) is 18.0 Å². The van der Waals surface area contributed by atoms with E-state index >= 15 is 0 Å². The number of nitrogens with one attached hydrogen (secondary N) is 1. The summed E-state index contributed by atoms with van der Waals surface area (Å²) in [4.78, 5) is 28.6. The van der Waals surface area contributed by atoms with Gasteiger partial charge in [-0.05, 0) is 31.9 Å². The Morgan fingerprint density at radius 3 is 2.43 bits per heavy atom. The van der Waals surface area contributed by atoms with Crippen molar-refractivity contribution in [2.45, 2.75) is 27.4 Å². The quantitative estimate of drug-likeness (QED) is 0.897. The van der Waals surface area contributed by atoms with Crippen molar-refractivity contribution in [1.82, 2.24) is 9.97 Å². The number of aryl methyl sites for hydroxylation is 3. The molecule has 0 fully saturated rings. The monoisotopic (exact) mass is 288 g/mol. The second kappa shape index (κ2) is 5.78. The van der Waals surface area contributed by atoms with Gasteiger partial charge < -0.3 is 14.8 Å². The Labute approximate surface area is 121 Å². The smallest absolute Gasteiger partial charge is 0.342 e. The molecule has 0 aliphatic rings. The van der Waals surface area contributed by atoms with Crippen LogP contribution in [-0.2, 0) is 6.61 Å². The zero-order valence-corrected chi connectivity index (χ0v) is 12.1. The van der Waals surface area contributed by atoms with Gasteiger partial charge in [-0.15, -0.1) is 0 Å². The summed E-state index contributed by atoms with van der Waals surface area (Å²) in [6.07, 6.45) is 1.04. The maximum absolute atomic E-state index is 11.5. The average Bonchev–Trinajstić information content (AvgIpc) is 2.36. The van der Waals surface area contributed by atoms with Crippen molar-refractivity contribution in [2.24, 2.45) is 0 Å². The first-order valence-corrected chi connectivity index (χ1v) is 6.40. The number of aromatic nitrogens is 2. The molecule has 21 heavy (non-hydrogen) atoms. The number of benzene rings is 1. The van der Waals surface area contributed by atoms with Crippen LogP contribution in [0.15, 0.2) is 23.1 Å². The second-order valence-electron chi connectivity index (χ2n) is 4.89. The Bertz CT molecular complexity index is 727. The maximum atomic E-state index is 11.5. The molecule has 2 N–H and O–H groups in total. The molecule has 0 bridgehead atoms. The van der Waals surface area contributed by atoms with Crippen LogP contribution in [0.4, 0.5) is 0 Å². The number of hydrogen-bond donors (Lipinski definition) is 2. The minimum Gasteiger partial charge on any atom is -0.485 e. The van der Waals surface area contributed by atoms with Gasteiger partial charge in [0, 0.05) is 6.20 Å². The molecule has 0 amide bonds. The van der Waals surface area contributed by atoms with Crippen LogP contribution in [-0.4, -0.2) is 21.0 Å². The number of H-pyrrole nitrogens is 1. The predicted molar refractivity (Wildman–Crippen MR) is 76.8 cm³/mol. The summed E-state index contributed by atoms with van der Waals surface area (Å²) in [5.41, 5.74) is 2.07. The van der Waals surface area contributed by atoms with E-state index in [0.29, 0.717) is 0 Å². The summed E-state index contributed by atoms with van der Waals surface area (Å²) in [7, 11) is 0. The van der Waals surface area contributed by atoms with E-state index in [2.05, 4.69) is 9.97 Å². The van der Waals surface area contributed by atoms with E-state index in [1.54, 1.807) is 0 Å². The van der Waals surface area contributed by atoms with Gasteiger partial charge in [0.2, 0.25) is 0 Å². The minimum atomic E-state index is -1.30. The Balaban J connectivity index is 2.19. The lowest BCUT2D eigenvalue weighted by molar-refractivity contribution is 0.0694. The molecule has 1 aromatic carbocycles. The van der Waals surface area contributed by atoms with Gasteiger partial charge >= 0.3 is 5.97 Å². The molecule has 0 radical (unpaired) electrons. The normalized spacial score (nSPS) is 10.4. The van der Waals surface area contributed by atoms with Gasteiger partial charge in [-0.25, -0.2) is 9.78 Å². The number of nitrogens with zero attached hydrogens (tertiary/aromatic N) is 1. The molecule has 0 saturated heterocycles. The molecular weight excluding hydrogens is 272 g/mol. The highest BCUT2D eigenvalue weighted by molar-refractivity contribution is 5.86. The van der Waals surface area contributed by atoms with Gasteiger partial charge in [0.05, 0.1) is 0 Å². The van der Waals surface area contributed by atoms with Gasteiger partial charge in [-0.2, -0.15) is 0 Å². The van der Waals surface area contributed by atoms with Crippen molar-refractivity contribution >= 4 is 5.97 Å². The number of ether oxygens (including phenoxy) is 1. The first kappa shape index (κ1) is 14.8. The van der Waals surface area contributed by atoms with Crippen molar-refractivity contribution < 1.29 is 14.6 Å². The molecule has 0 aliphatic heterocycles. The van der Waals surface area contributed by atoms with E-state index in [1.807, 2.05) is 32.9 Å². The third kappa shape index (κ3) is 3.28. The van der Waals surface area contributed by atoms with Crippen LogP contribution >= 0.6 is 0 Å². The van der Waals surface area contributed by atoms with Crippen molar-refractivity contribution in [3.05, 3.63) is 56.8 Å². The number of carboxylic acid groups (broad SMARTS) is 1. The summed E-state index contributed by atoms with van der Waals surface area (Å²) < 4.78 is 5.68. The number of aromatic carboxylic acids is 1. The zero-order valence-electron chi connectivity index (χ0n) is 12.1. The highest BCUT2D eigenvalue weighted by Gasteiger charge is 2.11. The Kier molecular flexibility index (Phi) is 4.07. The van der Waals surface area contributed by atoms with Gasteiger partial charge in [-0.1, -0.05) is 17.7 Å². The maximum Gasteiger partial charge on any atom is 0.342 e. The summed E-state index contributed by atoms with van der Waals surface area (Å²) in [5.74, 6) is -0.281. The topological polar surface area (TPSA) is 92.3 Å². The van der Waals surface area contributed by atoms with E-state index in [4.69, 9.17) is 9.84 Å². The summed E-state index contributed by atoms with van der Waals surface area (Å²) >= 11 is 0. The van der Waals surface area contributed by atoms with Gasteiger partial charge in [-0.3, -0.25) is 4.79 Å². The third-order valence-corrected chi connectivity index (χ3v) is 3.04. The first-order chi connectivity index (χ1) is 9.88. The first-order valence-electron chi connectivity index (χ1n) is 6.40. The van der Waals surface area contributed by atoms with Crippen molar-refractivity contribution in [2.75, 3.05) is 0 Å². The van der Waals surface area contributed by atoms with Crippen LogP contribution in [0.3, 0.4) is 0 Å². The molecule has 1 aromatic heterocycles. The summed E-state index contributed by atoms with van der Waals surface area (Å²) in [5, 5.41) is 8.77. The molecule has 6 heteroatoms. The SMILES string of the molecule is Cc1cc(C)c(OCc2ncc(C(=O)O)c(=O)[nH]2)c(C)c1. The number of carbonyl (C=O) groups is 1. The van der Waals surface area contributed by atoms with Crippen molar-refractivity contribution in [1.29, 1.82) is 0 Å². The fourth-order valence-corrected chi connectivity index (χ4v) is 2.19. The Morgan fingerprint density at radius 1 is 1.29 bits per heavy atom. The lowest BCUT2D eigenvalue weighted by Crippen LogP contribution is -2.20. The van der Waals surface area contributed by atoms with Crippen molar-refractivity contribution in [3.63, 3.8) is 0 Å². The van der Waals surface area contributed by atoms with Gasteiger partial charge in [0.25, 0.3) is 5.56 Å². The van der Waals surface area contributed by atoms with E-state index in [0.717, 1.165) is 28.6 Å². The van der Waals surface area contributed by atoms with E-state index < -0.39 is 11.5 Å². The number of carboxylic acids is 1. The largest absolute Gasteiger partial charge is 0.485 e. The standard InChI is InChI=1S/C15H16N2O4/c1-8-4-9(2)13(10(3)5-8)21-7-12-16-6-11(15(19)20)14(18)17-12/h4-6H,7H2,1-3H3,(H,19,20)(H,16,17,18). The zero-order chi connectivity index (χ0) is 15.6. The molecule has 0 atom stereocenters. The highest BCUT2D eigenvalue weighted by Crippen LogP contribution is 2.24. The average molecular weight is 288 g/mol. The lowest BCUT2D eigenvalue weighted by Gasteiger charge is -2.12. The van der Waals surface area contributed by atoms with Gasteiger partial charge in [0.1, 0.15) is 23.7 Å². The molecule has 6 nitrogen and oxygen atoms in total. The van der Waals surface area contributed by atoms with Crippen LogP contribution in [0.5, 0.6) is 5.75 Å². The molecule has 110 valence electrons. The van der Waals surface area contributed by atoms with E-state index in [9.17, 15) is 9.59 Å². The number of rotatable bonds is 4. The Hall–Kier alpha value is -2.63. The molecule has 0 aliphatic carbocycles. The fraction of sp³-hybridized carbons (Fsp3) is 0.267. The predicted octanol–water partition coefficient (Wildman–Crippen LogP) is 1.97. The summed E-state index contributed by atoms with van der Waals surface area (Å²) in [6, 6.07) is 4.01. The third-order valence-electron chi connectivity index (χ3n) is 3.04. The fourth-order valence-electron chi connectivity index (χ4n) is 2.19. The Morgan fingerprint density at radius 2 is 1.90 bits per heavy atom. The molecule has 0 spiro atoms. The van der Waals surface area contributed by atoms with Crippen LogP contribution in [0, 0.1) is 20.8 Å². The highest BCUT2D eigenvalue weighted by atomic mass is 16.5. The van der Waals surface area contributed by atoms with E-state index in [1.165, 1.54) is 0 Å². The molecule has 0 unspecified atom stereocenters. The number of aromatic amines is 1. The van der Waals surface area contributed by atoms with Gasteiger partial charge in [0.15, 0.2) is 0 Å². The molecule has 0 saturated carbocycles. The van der Waals surface area contributed by atoms with Crippen LogP contribution in [0.25, 0.3) is 0 Å². The molecular formula is C15H16N2O4. The lowest BCUT2D eigenvalue weighted by atomic mass is 10.1. The van der Waals surface area contributed by atoms with Crippen LogP contribution < -0.4 is 10.3 Å². The summed E-state index contributed by atoms with van der Waals surface area (Å²) in [6.45, 7) is 5.96. The molecule has 2 rings (SSSR count). The van der Waals surface area contributed by atoms with Crippen LogP contribution in [0.2, 0.25) is 0 Å². The molecule has 2 aromatic rings. The van der Waals surface area contributed by atoms with Crippen molar-refractivity contribution in [3.8, 4) is 5.75 Å². The minimum absolute atomic E-state index is 0.0693. The second-order valence-corrected chi connectivity index (χ2v) is 4.89. The molecule has 1 heterocycles.